The van der Waals surface area contributed by atoms with Gasteiger partial charge in [-0.2, -0.15) is 0 Å². The zero-order chi connectivity index (χ0) is 14.3. The Morgan fingerprint density at radius 1 is 1.32 bits per heavy atom. The van der Waals surface area contributed by atoms with Gasteiger partial charge in [0.25, 0.3) is 0 Å². The van der Waals surface area contributed by atoms with Gasteiger partial charge in [-0.05, 0) is 25.2 Å². The Hall–Kier alpha value is -1.22. The molecule has 0 atom stereocenters. The molecule has 8 heteroatoms. The Morgan fingerprint density at radius 3 is 2.47 bits per heavy atom. The maximum atomic E-state index is 12.0. The minimum Gasteiger partial charge on any atom is -0.308 e. The standard InChI is InChI=1S/C11H21N5O2S/c1-3-16(4-2)8-7-14-19(17,18)10-5-6-11(15-12)13-9-10/h5-6,9,14H,3-4,7-8,12H2,1-2H3,(H,13,15). The number of hydrogen-bond acceptors (Lipinski definition) is 6. The summed E-state index contributed by atoms with van der Waals surface area (Å²) in [5, 5.41) is 0. The lowest BCUT2D eigenvalue weighted by Crippen LogP contribution is -2.34. The highest BCUT2D eigenvalue weighted by molar-refractivity contribution is 7.89. The van der Waals surface area contributed by atoms with Gasteiger partial charge < -0.3 is 10.3 Å². The molecule has 0 unspecified atom stereocenters. The van der Waals surface area contributed by atoms with E-state index in [0.29, 0.717) is 18.9 Å². The molecule has 0 fully saturated rings. The number of nitrogen functional groups attached to an aromatic ring is 1. The predicted molar refractivity (Wildman–Crippen MR) is 75.0 cm³/mol. The fraction of sp³-hybridized carbons (Fsp3) is 0.545. The first-order valence-electron chi connectivity index (χ1n) is 6.18. The smallest absolute Gasteiger partial charge is 0.242 e. The van der Waals surface area contributed by atoms with E-state index in [4.69, 9.17) is 5.84 Å². The van der Waals surface area contributed by atoms with E-state index in [1.54, 1.807) is 0 Å². The number of pyridine rings is 1. The molecule has 1 heterocycles. The molecule has 0 aliphatic rings. The Kier molecular flexibility index (Phi) is 6.16. The second-order valence-electron chi connectivity index (χ2n) is 3.95. The van der Waals surface area contributed by atoms with Crippen molar-refractivity contribution < 1.29 is 8.42 Å². The van der Waals surface area contributed by atoms with Crippen LogP contribution in [0.5, 0.6) is 0 Å². The van der Waals surface area contributed by atoms with Crippen LogP contribution in [0.3, 0.4) is 0 Å². The predicted octanol–water partition coefficient (Wildman–Crippen LogP) is -0.0127. The van der Waals surface area contributed by atoms with Crippen molar-refractivity contribution in [1.82, 2.24) is 14.6 Å². The van der Waals surface area contributed by atoms with Gasteiger partial charge in [0, 0.05) is 19.3 Å². The molecular weight excluding hydrogens is 266 g/mol. The van der Waals surface area contributed by atoms with Crippen molar-refractivity contribution in [3.63, 3.8) is 0 Å². The van der Waals surface area contributed by atoms with Crippen LogP contribution in [0.4, 0.5) is 5.82 Å². The summed E-state index contributed by atoms with van der Waals surface area (Å²) in [7, 11) is -3.51. The molecule has 0 saturated carbocycles. The first kappa shape index (κ1) is 15.8. The minimum absolute atomic E-state index is 0.131. The average Bonchev–Trinajstić information content (AvgIpc) is 2.43. The van der Waals surface area contributed by atoms with Crippen LogP contribution in [0, 0.1) is 0 Å². The van der Waals surface area contributed by atoms with Crippen molar-refractivity contribution in [2.45, 2.75) is 18.7 Å². The van der Waals surface area contributed by atoms with Crippen molar-refractivity contribution in [3.8, 4) is 0 Å². The number of rotatable bonds is 8. The zero-order valence-corrected chi connectivity index (χ0v) is 12.1. The Balaban J connectivity index is 2.60. The molecule has 19 heavy (non-hydrogen) atoms. The van der Waals surface area contributed by atoms with E-state index in [2.05, 4.69) is 20.0 Å². The molecule has 0 saturated heterocycles. The van der Waals surface area contributed by atoms with Crippen LogP contribution >= 0.6 is 0 Å². The van der Waals surface area contributed by atoms with Crippen molar-refractivity contribution in [1.29, 1.82) is 0 Å². The van der Waals surface area contributed by atoms with Crippen LogP contribution in [0.25, 0.3) is 0 Å². The Labute approximate surface area is 114 Å². The Bertz CT molecular complexity index is 470. The lowest BCUT2D eigenvalue weighted by molar-refractivity contribution is 0.309. The molecule has 1 aromatic heterocycles. The van der Waals surface area contributed by atoms with Gasteiger partial charge in [0.1, 0.15) is 10.7 Å². The highest BCUT2D eigenvalue weighted by atomic mass is 32.2. The minimum atomic E-state index is -3.51. The highest BCUT2D eigenvalue weighted by Crippen LogP contribution is 2.09. The first-order chi connectivity index (χ1) is 9.03. The second-order valence-corrected chi connectivity index (χ2v) is 5.72. The lowest BCUT2D eigenvalue weighted by atomic mass is 10.5. The van der Waals surface area contributed by atoms with Crippen molar-refractivity contribution in [3.05, 3.63) is 18.3 Å². The second kappa shape index (κ2) is 7.39. The molecule has 1 aromatic rings. The largest absolute Gasteiger partial charge is 0.308 e. The van der Waals surface area contributed by atoms with Crippen molar-refractivity contribution in [2.75, 3.05) is 31.6 Å². The summed E-state index contributed by atoms with van der Waals surface area (Å²) in [6, 6.07) is 2.97. The van der Waals surface area contributed by atoms with Crippen LogP contribution in [0.15, 0.2) is 23.2 Å². The van der Waals surface area contributed by atoms with Gasteiger partial charge in [-0.1, -0.05) is 13.8 Å². The summed E-state index contributed by atoms with van der Waals surface area (Å²) in [6.07, 6.45) is 1.27. The van der Waals surface area contributed by atoms with E-state index < -0.39 is 10.0 Å². The summed E-state index contributed by atoms with van der Waals surface area (Å²) in [5.74, 6) is 5.59. The quantitative estimate of drug-likeness (QED) is 0.459. The molecule has 0 aromatic carbocycles. The van der Waals surface area contributed by atoms with Crippen LogP contribution in [-0.2, 0) is 10.0 Å². The summed E-state index contributed by atoms with van der Waals surface area (Å²) >= 11 is 0. The third-order valence-corrected chi connectivity index (χ3v) is 4.26. The topological polar surface area (TPSA) is 100 Å². The maximum Gasteiger partial charge on any atom is 0.242 e. The van der Waals surface area contributed by atoms with Crippen molar-refractivity contribution in [2.24, 2.45) is 5.84 Å². The molecule has 4 N–H and O–H groups in total. The average molecular weight is 287 g/mol. The highest BCUT2D eigenvalue weighted by Gasteiger charge is 2.14. The molecule has 0 amide bonds. The number of nitrogens with one attached hydrogen (secondary N) is 2. The fourth-order valence-corrected chi connectivity index (χ4v) is 2.55. The number of hydrazine groups is 1. The molecular formula is C11H21N5O2S. The number of anilines is 1. The van der Waals surface area contributed by atoms with Crippen molar-refractivity contribution >= 4 is 15.8 Å². The summed E-state index contributed by atoms with van der Waals surface area (Å²) in [4.78, 5) is 6.14. The molecule has 0 aliphatic heterocycles. The third-order valence-electron chi connectivity index (χ3n) is 2.81. The van der Waals surface area contributed by atoms with Gasteiger partial charge in [0.15, 0.2) is 0 Å². The number of likely N-dealkylation sites (N-methyl/N-ethyl adjacent to an activating group) is 1. The van der Waals surface area contributed by atoms with Crippen LogP contribution < -0.4 is 16.0 Å². The molecule has 108 valence electrons. The molecule has 7 nitrogen and oxygen atoms in total. The summed E-state index contributed by atoms with van der Waals surface area (Å²) in [5.41, 5.74) is 2.35. The first-order valence-corrected chi connectivity index (χ1v) is 7.66. The Morgan fingerprint density at radius 2 is 2.00 bits per heavy atom. The van der Waals surface area contributed by atoms with Gasteiger partial charge >= 0.3 is 0 Å². The molecule has 0 aliphatic carbocycles. The summed E-state index contributed by atoms with van der Waals surface area (Å²) < 4.78 is 26.5. The zero-order valence-electron chi connectivity index (χ0n) is 11.3. The van der Waals surface area contributed by atoms with Gasteiger partial charge in [0.2, 0.25) is 10.0 Å². The fourth-order valence-electron chi connectivity index (χ4n) is 1.59. The number of hydrogen-bond donors (Lipinski definition) is 3. The van der Waals surface area contributed by atoms with Gasteiger partial charge in [-0.3, -0.25) is 0 Å². The number of sulfonamides is 1. The van der Waals surface area contributed by atoms with E-state index >= 15 is 0 Å². The molecule has 0 radical (unpaired) electrons. The van der Waals surface area contributed by atoms with Crippen LogP contribution in [-0.4, -0.2) is 44.5 Å². The van der Waals surface area contributed by atoms with Crippen LogP contribution in [0.1, 0.15) is 13.8 Å². The number of nitrogens with zero attached hydrogens (tertiary/aromatic N) is 2. The lowest BCUT2D eigenvalue weighted by Gasteiger charge is -2.17. The van der Waals surface area contributed by atoms with Gasteiger partial charge in [-0.25, -0.2) is 24.0 Å². The van der Waals surface area contributed by atoms with Gasteiger partial charge in [-0.15, -0.1) is 0 Å². The van der Waals surface area contributed by atoms with E-state index in [1.165, 1.54) is 18.3 Å². The van der Waals surface area contributed by atoms with E-state index in [-0.39, 0.29) is 4.90 Å². The van der Waals surface area contributed by atoms with E-state index in [9.17, 15) is 8.42 Å². The normalized spacial score (nSPS) is 11.8. The van der Waals surface area contributed by atoms with E-state index in [1.807, 2.05) is 13.8 Å². The van der Waals surface area contributed by atoms with Gasteiger partial charge in [0.05, 0.1) is 0 Å². The number of nitrogens with two attached hydrogens (primary N) is 1. The number of aromatic nitrogens is 1. The van der Waals surface area contributed by atoms with Crippen LogP contribution in [0.2, 0.25) is 0 Å². The molecule has 0 bridgehead atoms. The van der Waals surface area contributed by atoms with E-state index in [0.717, 1.165) is 13.1 Å². The molecule has 1 rings (SSSR count). The summed E-state index contributed by atoms with van der Waals surface area (Å²) in [6.45, 7) is 6.94. The maximum absolute atomic E-state index is 12.0. The molecule has 0 spiro atoms. The SMILES string of the molecule is CCN(CC)CCNS(=O)(=O)c1ccc(NN)nc1. The third kappa shape index (κ3) is 4.75. The monoisotopic (exact) mass is 287 g/mol.